The summed E-state index contributed by atoms with van der Waals surface area (Å²) in [5.41, 5.74) is 0.876. The van der Waals surface area contributed by atoms with Gasteiger partial charge >= 0.3 is 0 Å². The largest absolute Gasteiger partial charge is 0.396 e. The highest BCUT2D eigenvalue weighted by Gasteiger charge is 2.40. The maximum absolute atomic E-state index is 13.7. The Hall–Kier alpha value is -1.47. The lowest BCUT2D eigenvalue weighted by atomic mass is 9.76. The first-order valence-corrected chi connectivity index (χ1v) is 10.7. The molecule has 1 heterocycles. The van der Waals surface area contributed by atoms with Crippen LogP contribution in [0.4, 0.5) is 4.39 Å². The fourth-order valence-corrected chi connectivity index (χ4v) is 5.81. The average Bonchev–Trinajstić information content (AvgIpc) is 2.64. The number of sulfonamides is 1. The molecule has 2 aromatic carbocycles. The average molecular weight is 412 g/mol. The number of aliphatic hydroxyl groups is 1. The van der Waals surface area contributed by atoms with E-state index < -0.39 is 21.3 Å². The van der Waals surface area contributed by atoms with Crippen LogP contribution in [0.2, 0.25) is 5.02 Å². The van der Waals surface area contributed by atoms with Crippen LogP contribution in [0.15, 0.2) is 47.4 Å². The third-order valence-electron chi connectivity index (χ3n) is 5.20. The fraction of sp³-hybridized carbons (Fsp3) is 0.400. The summed E-state index contributed by atoms with van der Waals surface area (Å²) in [6.07, 6.45) is 1.87. The number of hydrogen-bond donors (Lipinski definition) is 1. The molecule has 27 heavy (non-hydrogen) atoms. The highest BCUT2D eigenvalue weighted by molar-refractivity contribution is 7.89. The van der Waals surface area contributed by atoms with Gasteiger partial charge in [-0.3, -0.25) is 0 Å². The van der Waals surface area contributed by atoms with Crippen LogP contribution in [0.3, 0.4) is 0 Å². The molecule has 0 amide bonds. The summed E-state index contributed by atoms with van der Waals surface area (Å²) in [6, 6.07) is 11.2. The molecule has 0 bridgehead atoms. The minimum atomic E-state index is -3.84. The van der Waals surface area contributed by atoms with Gasteiger partial charge in [-0.2, -0.15) is 4.31 Å². The van der Waals surface area contributed by atoms with E-state index in [1.54, 1.807) is 13.0 Å². The summed E-state index contributed by atoms with van der Waals surface area (Å²) in [5.74, 6) is -0.580. The standard InChI is InChI=1S/C20H23ClFNO3S/c1-15-6-7-18(22)11-19(15)27(25,26)23-9-3-8-20(13-23,14-24)12-16-4-2-5-17(21)10-16/h2,4-7,10-11,24H,3,8-9,12-14H2,1H3/t20-/m1/s1. The number of halogens is 2. The van der Waals surface area contributed by atoms with Crippen LogP contribution in [-0.4, -0.2) is 37.5 Å². The Morgan fingerprint density at radius 3 is 2.74 bits per heavy atom. The fourth-order valence-electron chi connectivity index (χ4n) is 3.77. The topological polar surface area (TPSA) is 57.6 Å². The molecular weight excluding hydrogens is 389 g/mol. The van der Waals surface area contributed by atoms with Crippen molar-refractivity contribution in [2.24, 2.45) is 5.41 Å². The maximum atomic E-state index is 13.7. The van der Waals surface area contributed by atoms with Crippen LogP contribution in [0.1, 0.15) is 24.0 Å². The first-order valence-electron chi connectivity index (χ1n) is 8.87. The summed E-state index contributed by atoms with van der Waals surface area (Å²) in [6.45, 7) is 2.07. The molecule has 1 saturated heterocycles. The summed E-state index contributed by atoms with van der Waals surface area (Å²) in [5, 5.41) is 10.7. The van der Waals surface area contributed by atoms with Crippen molar-refractivity contribution >= 4 is 21.6 Å². The lowest BCUT2D eigenvalue weighted by Crippen LogP contribution is -2.49. The molecule has 4 nitrogen and oxygen atoms in total. The SMILES string of the molecule is Cc1ccc(F)cc1S(=O)(=O)N1CCC[C@@](CO)(Cc2cccc(Cl)c2)C1. The zero-order valence-corrected chi connectivity index (χ0v) is 16.7. The Bertz CT molecular complexity index is 935. The maximum Gasteiger partial charge on any atom is 0.243 e. The smallest absolute Gasteiger partial charge is 0.243 e. The number of nitrogens with zero attached hydrogens (tertiary/aromatic N) is 1. The number of piperidine rings is 1. The summed E-state index contributed by atoms with van der Waals surface area (Å²) in [4.78, 5) is -0.0148. The van der Waals surface area contributed by atoms with Crippen LogP contribution >= 0.6 is 11.6 Å². The molecule has 0 aliphatic carbocycles. The van der Waals surface area contributed by atoms with Crippen LogP contribution in [-0.2, 0) is 16.4 Å². The van der Waals surface area contributed by atoms with E-state index in [2.05, 4.69) is 0 Å². The predicted octanol–water partition coefficient (Wildman–Crippen LogP) is 3.79. The van der Waals surface area contributed by atoms with Crippen molar-refractivity contribution in [3.05, 3.63) is 64.4 Å². The number of aryl methyl sites for hydroxylation is 1. The van der Waals surface area contributed by atoms with Gasteiger partial charge in [0.05, 0.1) is 11.5 Å². The molecule has 1 aliphatic heterocycles. The van der Waals surface area contributed by atoms with Gasteiger partial charge in [0.15, 0.2) is 0 Å². The van der Waals surface area contributed by atoms with E-state index in [0.717, 1.165) is 11.6 Å². The molecule has 1 N–H and O–H groups in total. The van der Waals surface area contributed by atoms with Gasteiger partial charge in [0, 0.05) is 23.5 Å². The Balaban J connectivity index is 1.90. The molecule has 2 aromatic rings. The first kappa shape index (κ1) is 20.3. The minimum absolute atomic E-state index is 0.0148. The van der Waals surface area contributed by atoms with Gasteiger partial charge in [-0.1, -0.05) is 29.8 Å². The highest BCUT2D eigenvalue weighted by atomic mass is 35.5. The lowest BCUT2D eigenvalue weighted by Gasteiger charge is -2.41. The minimum Gasteiger partial charge on any atom is -0.396 e. The Labute approximate surface area is 164 Å². The number of benzene rings is 2. The van der Waals surface area contributed by atoms with Crippen LogP contribution < -0.4 is 0 Å². The predicted molar refractivity (Wildman–Crippen MR) is 104 cm³/mol. The monoisotopic (exact) mass is 411 g/mol. The zero-order valence-electron chi connectivity index (χ0n) is 15.2. The second-order valence-corrected chi connectivity index (χ2v) is 9.66. The van der Waals surface area contributed by atoms with Crippen molar-refractivity contribution in [2.45, 2.75) is 31.1 Å². The van der Waals surface area contributed by atoms with Crippen molar-refractivity contribution in [1.29, 1.82) is 0 Å². The summed E-state index contributed by atoms with van der Waals surface area (Å²) < 4.78 is 41.3. The Morgan fingerprint density at radius 2 is 2.04 bits per heavy atom. The molecule has 1 aliphatic rings. The second kappa shape index (κ2) is 7.87. The van der Waals surface area contributed by atoms with Crippen molar-refractivity contribution in [1.82, 2.24) is 4.31 Å². The number of hydrogen-bond acceptors (Lipinski definition) is 3. The molecule has 1 fully saturated rings. The number of rotatable bonds is 5. The molecule has 3 rings (SSSR count). The van der Waals surface area contributed by atoms with E-state index in [-0.39, 0.29) is 18.0 Å². The summed E-state index contributed by atoms with van der Waals surface area (Å²) in [7, 11) is -3.84. The second-order valence-electron chi connectivity index (χ2n) is 7.32. The van der Waals surface area contributed by atoms with E-state index in [4.69, 9.17) is 11.6 Å². The quantitative estimate of drug-likeness (QED) is 0.814. The third kappa shape index (κ3) is 4.35. The van der Waals surface area contributed by atoms with Crippen molar-refractivity contribution in [2.75, 3.05) is 19.7 Å². The van der Waals surface area contributed by atoms with E-state index >= 15 is 0 Å². The third-order valence-corrected chi connectivity index (χ3v) is 7.42. The van der Waals surface area contributed by atoms with Crippen molar-refractivity contribution in [3.63, 3.8) is 0 Å². The highest BCUT2D eigenvalue weighted by Crippen LogP contribution is 2.36. The molecular formula is C20H23ClFNO3S. The molecule has 0 aromatic heterocycles. The molecule has 0 spiro atoms. The van der Waals surface area contributed by atoms with Crippen LogP contribution in [0.25, 0.3) is 0 Å². The van der Waals surface area contributed by atoms with Crippen LogP contribution in [0.5, 0.6) is 0 Å². The molecule has 7 heteroatoms. The molecule has 0 saturated carbocycles. The Kier molecular flexibility index (Phi) is 5.91. The number of aliphatic hydroxyl groups excluding tert-OH is 1. The Morgan fingerprint density at radius 1 is 1.26 bits per heavy atom. The van der Waals surface area contributed by atoms with Gasteiger partial charge in [-0.25, -0.2) is 12.8 Å². The molecule has 1 atom stereocenters. The van der Waals surface area contributed by atoms with Crippen molar-refractivity contribution in [3.8, 4) is 0 Å². The van der Waals surface area contributed by atoms with Gasteiger partial charge in [-0.05, 0) is 61.6 Å². The van der Waals surface area contributed by atoms with Gasteiger partial charge in [0.25, 0.3) is 0 Å². The molecule has 0 unspecified atom stereocenters. The van der Waals surface area contributed by atoms with Crippen LogP contribution in [0, 0.1) is 18.2 Å². The van der Waals surface area contributed by atoms with E-state index in [1.807, 2.05) is 18.2 Å². The van der Waals surface area contributed by atoms with E-state index in [1.165, 1.54) is 16.4 Å². The zero-order chi connectivity index (χ0) is 19.7. The van der Waals surface area contributed by atoms with Gasteiger partial charge in [0.2, 0.25) is 10.0 Å². The first-order chi connectivity index (χ1) is 12.8. The summed E-state index contributed by atoms with van der Waals surface area (Å²) >= 11 is 6.06. The molecule has 0 radical (unpaired) electrons. The lowest BCUT2D eigenvalue weighted by molar-refractivity contribution is 0.0645. The van der Waals surface area contributed by atoms with Gasteiger partial charge in [-0.15, -0.1) is 0 Å². The van der Waals surface area contributed by atoms with E-state index in [9.17, 15) is 17.9 Å². The van der Waals surface area contributed by atoms with Gasteiger partial charge in [0.1, 0.15) is 5.82 Å². The van der Waals surface area contributed by atoms with Gasteiger partial charge < -0.3 is 5.11 Å². The van der Waals surface area contributed by atoms with Crippen molar-refractivity contribution < 1.29 is 17.9 Å². The normalized spacial score (nSPS) is 21.3. The molecule has 146 valence electrons. The van der Waals surface area contributed by atoms with E-state index in [0.29, 0.717) is 36.4 Å².